The Hall–Kier alpha value is -3.08. The molecule has 0 saturated heterocycles. The van der Waals surface area contributed by atoms with Gasteiger partial charge in [0.2, 0.25) is 0 Å². The van der Waals surface area contributed by atoms with Crippen molar-refractivity contribution in [2.45, 2.75) is 6.92 Å². The first kappa shape index (κ1) is 13.6. The van der Waals surface area contributed by atoms with Gasteiger partial charge in [-0.25, -0.2) is 9.78 Å². The third-order valence-corrected chi connectivity index (χ3v) is 3.66. The number of aromatic amines is 1. The lowest BCUT2D eigenvalue weighted by Gasteiger charge is -2.04. The Bertz CT molecular complexity index is 1030. The number of rotatable bonds is 3. The van der Waals surface area contributed by atoms with Crippen LogP contribution in [0.2, 0.25) is 0 Å². The fourth-order valence-electron chi connectivity index (χ4n) is 2.59. The van der Waals surface area contributed by atoms with Gasteiger partial charge in [-0.05, 0) is 37.3 Å². The molecule has 0 saturated carbocycles. The van der Waals surface area contributed by atoms with E-state index in [0.29, 0.717) is 29.3 Å². The quantitative estimate of drug-likeness (QED) is 0.585. The molecule has 5 heteroatoms. The fourth-order valence-corrected chi connectivity index (χ4v) is 2.59. The van der Waals surface area contributed by atoms with Gasteiger partial charge >= 0.3 is 5.63 Å². The van der Waals surface area contributed by atoms with Gasteiger partial charge in [-0.3, -0.25) is 0 Å². The third kappa shape index (κ3) is 2.36. The standard InChI is InChI=1S/C18H14N2O3/c1-2-22-12-8-7-11-9-13(18(21)23-16(11)10-12)17-19-14-5-3-4-6-15(14)20-17/h3-10H,2H2,1H3,(H,19,20). The third-order valence-electron chi connectivity index (χ3n) is 3.66. The highest BCUT2D eigenvalue weighted by atomic mass is 16.5. The van der Waals surface area contributed by atoms with Gasteiger partial charge < -0.3 is 14.1 Å². The number of H-pyrrole nitrogens is 1. The van der Waals surface area contributed by atoms with Crippen molar-refractivity contribution in [3.63, 3.8) is 0 Å². The first-order valence-corrected chi connectivity index (χ1v) is 7.40. The Morgan fingerprint density at radius 3 is 2.87 bits per heavy atom. The predicted octanol–water partition coefficient (Wildman–Crippen LogP) is 3.74. The summed E-state index contributed by atoms with van der Waals surface area (Å²) in [7, 11) is 0. The molecular formula is C18H14N2O3. The molecule has 0 unspecified atom stereocenters. The van der Waals surface area contributed by atoms with Gasteiger partial charge in [0, 0.05) is 11.5 Å². The van der Waals surface area contributed by atoms with Crippen molar-refractivity contribution in [1.29, 1.82) is 0 Å². The van der Waals surface area contributed by atoms with Crippen LogP contribution >= 0.6 is 0 Å². The van der Waals surface area contributed by atoms with E-state index in [-0.39, 0.29) is 0 Å². The molecule has 0 spiro atoms. The second-order valence-electron chi connectivity index (χ2n) is 5.18. The van der Waals surface area contributed by atoms with Crippen LogP contribution < -0.4 is 10.4 Å². The number of fused-ring (bicyclic) bond motifs is 2. The largest absolute Gasteiger partial charge is 0.494 e. The number of nitrogens with zero attached hydrogens (tertiary/aromatic N) is 1. The molecule has 0 fully saturated rings. The zero-order chi connectivity index (χ0) is 15.8. The Morgan fingerprint density at radius 1 is 1.17 bits per heavy atom. The van der Waals surface area contributed by atoms with E-state index < -0.39 is 5.63 Å². The smallest absolute Gasteiger partial charge is 0.347 e. The summed E-state index contributed by atoms with van der Waals surface area (Å²) in [6.45, 7) is 2.47. The highest BCUT2D eigenvalue weighted by molar-refractivity contribution is 5.84. The molecule has 4 aromatic rings. The molecule has 4 rings (SSSR count). The van der Waals surface area contributed by atoms with Crippen molar-refractivity contribution in [1.82, 2.24) is 9.97 Å². The number of imidazole rings is 1. The van der Waals surface area contributed by atoms with Crippen LogP contribution in [0.3, 0.4) is 0 Å². The molecule has 0 aliphatic carbocycles. The lowest BCUT2D eigenvalue weighted by Crippen LogP contribution is -2.03. The minimum atomic E-state index is -0.426. The first-order valence-electron chi connectivity index (χ1n) is 7.40. The van der Waals surface area contributed by atoms with Crippen molar-refractivity contribution >= 4 is 22.0 Å². The SMILES string of the molecule is CCOc1ccc2cc(-c3nc4ccccc4[nH]3)c(=O)oc2c1. The predicted molar refractivity (Wildman–Crippen MR) is 88.7 cm³/mol. The highest BCUT2D eigenvalue weighted by Gasteiger charge is 2.12. The van der Waals surface area contributed by atoms with E-state index in [9.17, 15) is 4.79 Å². The molecule has 0 atom stereocenters. The number of benzene rings is 2. The number of nitrogens with one attached hydrogen (secondary N) is 1. The summed E-state index contributed by atoms with van der Waals surface area (Å²) < 4.78 is 10.9. The van der Waals surface area contributed by atoms with E-state index in [1.807, 2.05) is 43.3 Å². The van der Waals surface area contributed by atoms with E-state index in [1.54, 1.807) is 12.1 Å². The van der Waals surface area contributed by atoms with E-state index in [1.165, 1.54) is 0 Å². The molecule has 114 valence electrons. The van der Waals surface area contributed by atoms with Gasteiger partial charge in [-0.2, -0.15) is 0 Å². The second-order valence-corrected chi connectivity index (χ2v) is 5.18. The normalized spacial score (nSPS) is 11.2. The summed E-state index contributed by atoms with van der Waals surface area (Å²) in [5, 5.41) is 0.823. The maximum absolute atomic E-state index is 12.3. The number of aromatic nitrogens is 2. The van der Waals surface area contributed by atoms with Gasteiger partial charge in [-0.1, -0.05) is 12.1 Å². The lowest BCUT2D eigenvalue weighted by atomic mass is 10.1. The molecule has 2 aromatic heterocycles. The summed E-state index contributed by atoms with van der Waals surface area (Å²) in [5.74, 6) is 1.19. The first-order chi connectivity index (χ1) is 11.2. The van der Waals surface area contributed by atoms with Crippen molar-refractivity contribution in [3.8, 4) is 17.1 Å². The topological polar surface area (TPSA) is 68.1 Å². The van der Waals surface area contributed by atoms with Gasteiger partial charge in [0.15, 0.2) is 0 Å². The zero-order valence-corrected chi connectivity index (χ0v) is 12.5. The van der Waals surface area contributed by atoms with Crippen LogP contribution in [0.15, 0.2) is 57.7 Å². The molecule has 5 nitrogen and oxygen atoms in total. The van der Waals surface area contributed by atoms with Gasteiger partial charge in [-0.15, -0.1) is 0 Å². The summed E-state index contributed by atoms with van der Waals surface area (Å²) in [6, 6.07) is 14.9. The fraction of sp³-hybridized carbons (Fsp3) is 0.111. The van der Waals surface area contributed by atoms with E-state index in [4.69, 9.17) is 9.15 Å². The van der Waals surface area contributed by atoms with Crippen LogP contribution in [0.4, 0.5) is 0 Å². The summed E-state index contributed by atoms with van der Waals surface area (Å²) in [4.78, 5) is 19.9. The van der Waals surface area contributed by atoms with Crippen molar-refractivity contribution < 1.29 is 9.15 Å². The average molecular weight is 306 g/mol. The average Bonchev–Trinajstić information content (AvgIpc) is 2.98. The molecule has 2 aromatic carbocycles. The maximum atomic E-state index is 12.3. The zero-order valence-electron chi connectivity index (χ0n) is 12.5. The van der Waals surface area contributed by atoms with Crippen molar-refractivity contribution in [2.75, 3.05) is 6.61 Å². The van der Waals surface area contributed by atoms with Gasteiger partial charge in [0.25, 0.3) is 0 Å². The lowest BCUT2D eigenvalue weighted by molar-refractivity contribution is 0.340. The molecular weight excluding hydrogens is 292 g/mol. The van der Waals surface area contributed by atoms with Crippen LogP contribution in [-0.4, -0.2) is 16.6 Å². The molecule has 0 bridgehead atoms. The molecule has 0 amide bonds. The monoisotopic (exact) mass is 306 g/mol. The maximum Gasteiger partial charge on any atom is 0.347 e. The van der Waals surface area contributed by atoms with E-state index in [2.05, 4.69) is 9.97 Å². The molecule has 1 N–H and O–H groups in total. The van der Waals surface area contributed by atoms with Gasteiger partial charge in [0.05, 0.1) is 17.6 Å². The summed E-state index contributed by atoms with van der Waals surface area (Å²) in [6.07, 6.45) is 0. The Labute approximate surface area is 131 Å². The Balaban J connectivity index is 1.88. The van der Waals surface area contributed by atoms with E-state index in [0.717, 1.165) is 16.4 Å². The van der Waals surface area contributed by atoms with Crippen LogP contribution in [0.25, 0.3) is 33.4 Å². The number of ether oxygens (including phenoxy) is 1. The molecule has 0 aliphatic rings. The summed E-state index contributed by atoms with van der Waals surface area (Å²) >= 11 is 0. The molecule has 2 heterocycles. The number of hydrogen-bond acceptors (Lipinski definition) is 4. The molecule has 0 radical (unpaired) electrons. The Kier molecular flexibility index (Phi) is 3.12. The molecule has 0 aliphatic heterocycles. The number of para-hydroxylation sites is 2. The van der Waals surface area contributed by atoms with Crippen LogP contribution in [0.1, 0.15) is 6.92 Å². The Morgan fingerprint density at radius 2 is 2.04 bits per heavy atom. The van der Waals surface area contributed by atoms with Crippen LogP contribution in [0, 0.1) is 0 Å². The summed E-state index contributed by atoms with van der Waals surface area (Å²) in [5.41, 5.74) is 2.19. The van der Waals surface area contributed by atoms with Crippen LogP contribution in [-0.2, 0) is 0 Å². The molecule has 23 heavy (non-hydrogen) atoms. The minimum Gasteiger partial charge on any atom is -0.494 e. The van der Waals surface area contributed by atoms with Crippen molar-refractivity contribution in [2.24, 2.45) is 0 Å². The van der Waals surface area contributed by atoms with Crippen LogP contribution in [0.5, 0.6) is 5.75 Å². The number of hydrogen-bond donors (Lipinski definition) is 1. The second kappa shape index (κ2) is 5.28. The highest BCUT2D eigenvalue weighted by Crippen LogP contribution is 2.24. The van der Waals surface area contributed by atoms with E-state index >= 15 is 0 Å². The van der Waals surface area contributed by atoms with Crippen molar-refractivity contribution in [3.05, 3.63) is 59.0 Å². The van der Waals surface area contributed by atoms with Gasteiger partial charge in [0.1, 0.15) is 22.7 Å². The minimum absolute atomic E-state index is 0.415.